The summed E-state index contributed by atoms with van der Waals surface area (Å²) < 4.78 is 1.91. The lowest BCUT2D eigenvalue weighted by Crippen LogP contribution is -2.30. The number of carbonyl (C=O) groups excluding carboxylic acids is 2. The predicted molar refractivity (Wildman–Crippen MR) is 99.9 cm³/mol. The molecule has 1 N–H and O–H groups in total. The van der Waals surface area contributed by atoms with Crippen LogP contribution >= 0.6 is 0 Å². The summed E-state index contributed by atoms with van der Waals surface area (Å²) in [4.78, 5) is 31.5. The Kier molecular flexibility index (Phi) is 5.51. The molecule has 1 aromatic heterocycles. The largest absolute Gasteiger partial charge is 0.347 e. The van der Waals surface area contributed by atoms with Gasteiger partial charge >= 0.3 is 0 Å². The van der Waals surface area contributed by atoms with E-state index >= 15 is 0 Å². The molecular formula is C20H24N4O2. The maximum Gasteiger partial charge on any atom is 0.289 e. The van der Waals surface area contributed by atoms with Gasteiger partial charge in [-0.1, -0.05) is 36.4 Å². The molecule has 0 radical (unpaired) electrons. The van der Waals surface area contributed by atoms with Gasteiger partial charge in [0.05, 0.1) is 5.69 Å². The topological polar surface area (TPSA) is 67.2 Å². The number of hydrogen-bond acceptors (Lipinski definition) is 3. The van der Waals surface area contributed by atoms with Gasteiger partial charge in [-0.15, -0.1) is 6.58 Å². The quantitative estimate of drug-likeness (QED) is 0.812. The first-order valence-electron chi connectivity index (χ1n) is 8.89. The lowest BCUT2D eigenvalue weighted by Gasteiger charge is -2.20. The molecule has 0 aliphatic carbocycles. The Labute approximate surface area is 153 Å². The maximum atomic E-state index is 13.0. The van der Waals surface area contributed by atoms with Gasteiger partial charge in [-0.25, -0.2) is 4.98 Å². The fourth-order valence-electron chi connectivity index (χ4n) is 3.24. The number of benzene rings is 1. The molecule has 0 unspecified atom stereocenters. The Hall–Kier alpha value is -2.89. The van der Waals surface area contributed by atoms with Gasteiger partial charge in [0.1, 0.15) is 5.69 Å². The molecule has 2 heterocycles. The standard InChI is InChI=1S/C20H24N4O2/c1-3-12-21-19(25)17-16-11-7-8-13-24(16)18(22-17)20(26)23(2)14-15-9-5-4-6-10-15/h3-6,9-10H,1,7-8,11-14H2,2H3,(H,21,25). The molecule has 1 aliphatic heterocycles. The molecule has 0 bridgehead atoms. The lowest BCUT2D eigenvalue weighted by atomic mass is 10.1. The second-order valence-corrected chi connectivity index (χ2v) is 6.48. The summed E-state index contributed by atoms with van der Waals surface area (Å²) in [6, 6.07) is 9.82. The Balaban J connectivity index is 1.86. The van der Waals surface area contributed by atoms with Crippen LogP contribution in [0.25, 0.3) is 0 Å². The number of nitrogens with zero attached hydrogens (tertiary/aromatic N) is 3. The predicted octanol–water partition coefficient (Wildman–Crippen LogP) is 2.41. The third-order valence-electron chi connectivity index (χ3n) is 4.54. The van der Waals surface area contributed by atoms with Crippen molar-refractivity contribution in [2.75, 3.05) is 13.6 Å². The van der Waals surface area contributed by atoms with Crippen molar-refractivity contribution in [3.8, 4) is 0 Å². The molecule has 0 saturated carbocycles. The molecule has 1 aliphatic rings. The molecule has 1 aromatic carbocycles. The van der Waals surface area contributed by atoms with Crippen LogP contribution in [0.15, 0.2) is 43.0 Å². The van der Waals surface area contributed by atoms with E-state index in [2.05, 4.69) is 16.9 Å². The van der Waals surface area contributed by atoms with Crippen LogP contribution in [0, 0.1) is 0 Å². The maximum absolute atomic E-state index is 13.0. The lowest BCUT2D eigenvalue weighted by molar-refractivity contribution is 0.0766. The third-order valence-corrected chi connectivity index (χ3v) is 4.54. The Morgan fingerprint density at radius 2 is 2.08 bits per heavy atom. The summed E-state index contributed by atoms with van der Waals surface area (Å²) in [7, 11) is 1.76. The van der Waals surface area contributed by atoms with Gasteiger partial charge in [0, 0.05) is 26.7 Å². The molecule has 6 nitrogen and oxygen atoms in total. The van der Waals surface area contributed by atoms with Gasteiger partial charge in [-0.05, 0) is 24.8 Å². The average Bonchev–Trinajstić information content (AvgIpc) is 3.06. The number of aromatic nitrogens is 2. The van der Waals surface area contributed by atoms with E-state index < -0.39 is 0 Å². The summed E-state index contributed by atoms with van der Waals surface area (Å²) in [6.45, 7) is 5.21. The Bertz CT molecular complexity index is 811. The molecule has 2 amide bonds. The SMILES string of the molecule is C=CCNC(=O)c1nc(C(=O)N(C)Cc2ccccc2)n2c1CCCC2. The minimum absolute atomic E-state index is 0.167. The number of imidazole rings is 1. The summed E-state index contributed by atoms with van der Waals surface area (Å²) in [6.07, 6.45) is 4.38. The van der Waals surface area contributed by atoms with Crippen LogP contribution in [0.2, 0.25) is 0 Å². The van der Waals surface area contributed by atoms with E-state index in [1.165, 1.54) is 0 Å². The van der Waals surface area contributed by atoms with Crippen LogP contribution in [0.3, 0.4) is 0 Å². The van der Waals surface area contributed by atoms with E-state index in [4.69, 9.17) is 0 Å². The molecule has 2 aromatic rings. The highest BCUT2D eigenvalue weighted by Crippen LogP contribution is 2.22. The number of hydrogen-bond donors (Lipinski definition) is 1. The van der Waals surface area contributed by atoms with Crippen LogP contribution in [-0.2, 0) is 19.5 Å². The zero-order chi connectivity index (χ0) is 18.5. The first kappa shape index (κ1) is 17.9. The summed E-state index contributed by atoms with van der Waals surface area (Å²) in [5, 5.41) is 2.76. The molecule has 26 heavy (non-hydrogen) atoms. The highest BCUT2D eigenvalue weighted by atomic mass is 16.2. The number of fused-ring (bicyclic) bond motifs is 1. The van der Waals surface area contributed by atoms with Crippen molar-refractivity contribution >= 4 is 11.8 Å². The number of nitrogens with one attached hydrogen (secondary N) is 1. The number of rotatable bonds is 6. The van der Waals surface area contributed by atoms with Gasteiger partial charge in [0.15, 0.2) is 5.82 Å². The highest BCUT2D eigenvalue weighted by Gasteiger charge is 2.28. The second kappa shape index (κ2) is 7.99. The first-order chi connectivity index (χ1) is 12.6. The summed E-state index contributed by atoms with van der Waals surface area (Å²) >= 11 is 0. The highest BCUT2D eigenvalue weighted by molar-refractivity contribution is 5.97. The van der Waals surface area contributed by atoms with Crippen molar-refractivity contribution in [2.24, 2.45) is 0 Å². The zero-order valence-electron chi connectivity index (χ0n) is 15.1. The van der Waals surface area contributed by atoms with Crippen molar-refractivity contribution in [3.05, 3.63) is 65.8 Å². The van der Waals surface area contributed by atoms with Gasteiger partial charge in [0.25, 0.3) is 11.8 Å². The molecule has 136 valence electrons. The van der Waals surface area contributed by atoms with Gasteiger partial charge in [-0.2, -0.15) is 0 Å². The summed E-state index contributed by atoms with van der Waals surface area (Å²) in [5.74, 6) is -0.0676. The molecule has 0 spiro atoms. The fraction of sp³-hybridized carbons (Fsp3) is 0.350. The normalized spacial score (nSPS) is 13.0. The van der Waals surface area contributed by atoms with Crippen molar-refractivity contribution in [3.63, 3.8) is 0 Å². The number of carbonyl (C=O) groups is 2. The smallest absolute Gasteiger partial charge is 0.289 e. The second-order valence-electron chi connectivity index (χ2n) is 6.48. The van der Waals surface area contributed by atoms with Crippen molar-refractivity contribution in [2.45, 2.75) is 32.4 Å². The minimum Gasteiger partial charge on any atom is -0.347 e. The van der Waals surface area contributed by atoms with E-state index in [-0.39, 0.29) is 11.8 Å². The van der Waals surface area contributed by atoms with Crippen LogP contribution in [0.1, 0.15) is 45.2 Å². The molecular weight excluding hydrogens is 328 g/mol. The molecule has 3 rings (SSSR count). The molecule has 0 fully saturated rings. The third kappa shape index (κ3) is 3.69. The van der Waals surface area contributed by atoms with Crippen molar-refractivity contribution in [1.82, 2.24) is 19.8 Å². The molecule has 0 saturated heterocycles. The van der Waals surface area contributed by atoms with Crippen molar-refractivity contribution < 1.29 is 9.59 Å². The van der Waals surface area contributed by atoms with Crippen LogP contribution in [0.4, 0.5) is 0 Å². The monoisotopic (exact) mass is 352 g/mol. The molecule has 0 atom stereocenters. The van der Waals surface area contributed by atoms with Crippen LogP contribution < -0.4 is 5.32 Å². The van der Waals surface area contributed by atoms with Gasteiger partial charge in [-0.3, -0.25) is 9.59 Å². The van der Waals surface area contributed by atoms with Crippen LogP contribution in [0.5, 0.6) is 0 Å². The van der Waals surface area contributed by atoms with Gasteiger partial charge in [0.2, 0.25) is 0 Å². The van der Waals surface area contributed by atoms with E-state index in [9.17, 15) is 9.59 Å². The average molecular weight is 352 g/mol. The van der Waals surface area contributed by atoms with E-state index in [0.717, 1.165) is 37.1 Å². The Morgan fingerprint density at radius 1 is 1.31 bits per heavy atom. The number of amides is 2. The van der Waals surface area contributed by atoms with Crippen LogP contribution in [-0.4, -0.2) is 39.9 Å². The van der Waals surface area contributed by atoms with E-state index in [1.807, 2.05) is 34.9 Å². The van der Waals surface area contributed by atoms with E-state index in [0.29, 0.717) is 24.6 Å². The van der Waals surface area contributed by atoms with Crippen molar-refractivity contribution in [1.29, 1.82) is 0 Å². The van der Waals surface area contributed by atoms with E-state index in [1.54, 1.807) is 18.0 Å². The fourth-order valence-corrected chi connectivity index (χ4v) is 3.24. The zero-order valence-corrected chi connectivity index (χ0v) is 15.1. The van der Waals surface area contributed by atoms with Gasteiger partial charge < -0.3 is 14.8 Å². The Morgan fingerprint density at radius 3 is 2.81 bits per heavy atom. The first-order valence-corrected chi connectivity index (χ1v) is 8.89. The minimum atomic E-state index is -0.250. The summed E-state index contributed by atoms with van der Waals surface area (Å²) in [5.41, 5.74) is 2.27. The molecule has 6 heteroatoms.